The lowest BCUT2D eigenvalue weighted by Gasteiger charge is -2.40. The molecule has 1 rings (SSSR count). The van der Waals surface area contributed by atoms with Gasteiger partial charge in [0.25, 0.3) is 0 Å². The van der Waals surface area contributed by atoms with E-state index < -0.39 is 5.97 Å². The molecule has 0 saturated carbocycles. The number of carboxylic acid groups (broad SMARTS) is 1. The van der Waals surface area contributed by atoms with Crippen molar-refractivity contribution in [2.24, 2.45) is 17.1 Å². The quantitative estimate of drug-likeness (QED) is 0.740. The molecule has 0 bridgehead atoms. The van der Waals surface area contributed by atoms with Crippen LogP contribution in [0.15, 0.2) is 0 Å². The van der Waals surface area contributed by atoms with E-state index in [0.717, 1.165) is 12.8 Å². The first kappa shape index (κ1) is 12.5. The molecule has 2 unspecified atom stereocenters. The topological polar surface area (TPSA) is 72.6 Å². The fraction of sp³-hybridized carbons (Fsp3) is 0.909. The van der Waals surface area contributed by atoms with Gasteiger partial charge in [0.2, 0.25) is 0 Å². The summed E-state index contributed by atoms with van der Waals surface area (Å²) in [5, 5.41) is 8.89. The standard InChI is InChI=1S/C11H21NO3/c1-8(2)9-5-11(7-12,3-4-15-9)6-10(13)14/h8-9H,3-7,12H2,1-2H3,(H,13,14). The largest absolute Gasteiger partial charge is 0.481 e. The van der Waals surface area contributed by atoms with E-state index in [0.29, 0.717) is 19.1 Å². The molecule has 0 aromatic carbocycles. The summed E-state index contributed by atoms with van der Waals surface area (Å²) in [7, 11) is 0. The van der Waals surface area contributed by atoms with Crippen LogP contribution in [0.4, 0.5) is 0 Å². The van der Waals surface area contributed by atoms with Crippen molar-refractivity contribution < 1.29 is 14.6 Å². The molecule has 0 radical (unpaired) electrons. The molecule has 4 heteroatoms. The van der Waals surface area contributed by atoms with Crippen LogP contribution in [0.25, 0.3) is 0 Å². The van der Waals surface area contributed by atoms with Gasteiger partial charge in [0.05, 0.1) is 12.5 Å². The molecule has 0 amide bonds. The number of nitrogens with two attached hydrogens (primary N) is 1. The average Bonchev–Trinajstić information content (AvgIpc) is 2.17. The van der Waals surface area contributed by atoms with E-state index in [2.05, 4.69) is 13.8 Å². The molecule has 4 nitrogen and oxygen atoms in total. The maximum Gasteiger partial charge on any atom is 0.303 e. The molecule has 15 heavy (non-hydrogen) atoms. The van der Waals surface area contributed by atoms with Gasteiger partial charge in [0.15, 0.2) is 0 Å². The molecule has 1 fully saturated rings. The van der Waals surface area contributed by atoms with E-state index in [1.165, 1.54) is 0 Å². The minimum atomic E-state index is -0.759. The van der Waals surface area contributed by atoms with Gasteiger partial charge in [-0.25, -0.2) is 0 Å². The van der Waals surface area contributed by atoms with Crippen molar-refractivity contribution in [1.29, 1.82) is 0 Å². The molecule has 0 aliphatic carbocycles. The van der Waals surface area contributed by atoms with Gasteiger partial charge in [0.1, 0.15) is 0 Å². The zero-order chi connectivity index (χ0) is 11.5. The normalized spacial score (nSPS) is 31.9. The smallest absolute Gasteiger partial charge is 0.303 e. The van der Waals surface area contributed by atoms with Crippen LogP contribution in [0, 0.1) is 11.3 Å². The fourth-order valence-corrected chi connectivity index (χ4v) is 2.18. The molecule has 1 aliphatic rings. The van der Waals surface area contributed by atoms with E-state index >= 15 is 0 Å². The molecule has 0 spiro atoms. The first-order valence-electron chi connectivity index (χ1n) is 5.52. The summed E-state index contributed by atoms with van der Waals surface area (Å²) in [5.74, 6) is -0.338. The second kappa shape index (κ2) is 4.94. The van der Waals surface area contributed by atoms with Crippen molar-refractivity contribution >= 4 is 5.97 Å². The van der Waals surface area contributed by atoms with Crippen molar-refractivity contribution in [2.45, 2.75) is 39.2 Å². The van der Waals surface area contributed by atoms with Gasteiger partial charge in [-0.2, -0.15) is 0 Å². The summed E-state index contributed by atoms with van der Waals surface area (Å²) in [4.78, 5) is 10.8. The monoisotopic (exact) mass is 215 g/mol. The molecular formula is C11H21NO3. The van der Waals surface area contributed by atoms with Gasteiger partial charge in [-0.1, -0.05) is 13.8 Å². The Labute approximate surface area is 90.8 Å². The molecule has 1 saturated heterocycles. The van der Waals surface area contributed by atoms with Crippen molar-refractivity contribution in [1.82, 2.24) is 0 Å². The van der Waals surface area contributed by atoms with Crippen LogP contribution in [0.1, 0.15) is 33.1 Å². The Morgan fingerprint density at radius 1 is 1.67 bits per heavy atom. The van der Waals surface area contributed by atoms with Crippen molar-refractivity contribution in [2.75, 3.05) is 13.2 Å². The van der Waals surface area contributed by atoms with Crippen LogP contribution < -0.4 is 5.73 Å². The second-order valence-electron chi connectivity index (χ2n) is 4.88. The molecule has 3 N–H and O–H groups in total. The van der Waals surface area contributed by atoms with Gasteiger partial charge in [-0.05, 0) is 30.7 Å². The van der Waals surface area contributed by atoms with Crippen molar-refractivity contribution in [3.63, 3.8) is 0 Å². The second-order valence-corrected chi connectivity index (χ2v) is 4.88. The number of rotatable bonds is 4. The Morgan fingerprint density at radius 2 is 2.33 bits per heavy atom. The van der Waals surface area contributed by atoms with Crippen LogP contribution in [-0.4, -0.2) is 30.3 Å². The van der Waals surface area contributed by atoms with Gasteiger partial charge in [-0.15, -0.1) is 0 Å². The van der Waals surface area contributed by atoms with Gasteiger partial charge < -0.3 is 15.6 Å². The van der Waals surface area contributed by atoms with E-state index in [1.54, 1.807) is 0 Å². The summed E-state index contributed by atoms with van der Waals surface area (Å²) < 4.78 is 5.63. The third kappa shape index (κ3) is 3.18. The fourth-order valence-electron chi connectivity index (χ4n) is 2.18. The van der Waals surface area contributed by atoms with Crippen LogP contribution in [0.3, 0.4) is 0 Å². The molecule has 0 aromatic heterocycles. The van der Waals surface area contributed by atoms with Gasteiger partial charge >= 0.3 is 5.97 Å². The number of aliphatic carboxylic acids is 1. The number of hydrogen-bond acceptors (Lipinski definition) is 3. The van der Waals surface area contributed by atoms with E-state index in [-0.39, 0.29) is 17.9 Å². The van der Waals surface area contributed by atoms with Crippen LogP contribution in [0.5, 0.6) is 0 Å². The predicted molar refractivity (Wildman–Crippen MR) is 57.6 cm³/mol. The molecular weight excluding hydrogens is 194 g/mol. The Bertz CT molecular complexity index is 230. The van der Waals surface area contributed by atoms with Crippen LogP contribution >= 0.6 is 0 Å². The van der Waals surface area contributed by atoms with Crippen molar-refractivity contribution in [3.05, 3.63) is 0 Å². The first-order chi connectivity index (χ1) is 6.99. The highest BCUT2D eigenvalue weighted by Crippen LogP contribution is 2.37. The maximum atomic E-state index is 10.8. The number of carboxylic acids is 1. The molecule has 88 valence electrons. The molecule has 1 heterocycles. The highest BCUT2D eigenvalue weighted by Gasteiger charge is 2.38. The number of hydrogen-bond donors (Lipinski definition) is 2. The van der Waals surface area contributed by atoms with Gasteiger partial charge in [-0.3, -0.25) is 4.79 Å². The van der Waals surface area contributed by atoms with Crippen LogP contribution in [0.2, 0.25) is 0 Å². The number of ether oxygens (including phenoxy) is 1. The van der Waals surface area contributed by atoms with Crippen LogP contribution in [-0.2, 0) is 9.53 Å². The predicted octanol–water partition coefficient (Wildman–Crippen LogP) is 1.24. The SMILES string of the molecule is CC(C)C1CC(CN)(CC(=O)O)CCO1. The van der Waals surface area contributed by atoms with Gasteiger partial charge in [0, 0.05) is 6.61 Å². The summed E-state index contributed by atoms with van der Waals surface area (Å²) >= 11 is 0. The highest BCUT2D eigenvalue weighted by molar-refractivity contribution is 5.67. The first-order valence-corrected chi connectivity index (χ1v) is 5.52. The van der Waals surface area contributed by atoms with Crippen molar-refractivity contribution in [3.8, 4) is 0 Å². The lowest BCUT2D eigenvalue weighted by molar-refractivity contribution is -0.143. The Morgan fingerprint density at radius 3 is 2.80 bits per heavy atom. The van der Waals surface area contributed by atoms with E-state index in [4.69, 9.17) is 15.6 Å². The summed E-state index contributed by atoms with van der Waals surface area (Å²) in [6.07, 6.45) is 1.85. The highest BCUT2D eigenvalue weighted by atomic mass is 16.5. The molecule has 2 atom stereocenters. The molecule has 1 aliphatic heterocycles. The third-order valence-electron chi connectivity index (χ3n) is 3.30. The Kier molecular flexibility index (Phi) is 4.11. The lowest BCUT2D eigenvalue weighted by atomic mass is 9.73. The summed E-state index contributed by atoms with van der Waals surface area (Å²) in [6.45, 7) is 5.26. The zero-order valence-corrected chi connectivity index (χ0v) is 9.53. The number of carbonyl (C=O) groups is 1. The van der Waals surface area contributed by atoms with E-state index in [9.17, 15) is 4.79 Å². The average molecular weight is 215 g/mol. The zero-order valence-electron chi connectivity index (χ0n) is 9.53. The lowest BCUT2D eigenvalue weighted by Crippen LogP contribution is -2.43. The Balaban J connectivity index is 2.67. The molecule has 0 aromatic rings. The maximum absolute atomic E-state index is 10.8. The third-order valence-corrected chi connectivity index (χ3v) is 3.30. The minimum absolute atomic E-state index is 0.154. The summed E-state index contributed by atoms with van der Waals surface area (Å²) in [5.41, 5.74) is 5.48. The minimum Gasteiger partial charge on any atom is -0.481 e. The summed E-state index contributed by atoms with van der Waals surface area (Å²) in [6, 6.07) is 0. The Hall–Kier alpha value is -0.610. The van der Waals surface area contributed by atoms with E-state index in [1.807, 2.05) is 0 Å².